The molecule has 152 valence electrons. The van der Waals surface area contributed by atoms with Crippen LogP contribution in [0.4, 0.5) is 5.13 Å². The van der Waals surface area contributed by atoms with Crippen molar-refractivity contribution >= 4 is 28.3 Å². The van der Waals surface area contributed by atoms with Crippen molar-refractivity contribution in [3.05, 3.63) is 58.4 Å². The molecule has 0 bridgehead atoms. The first kappa shape index (κ1) is 20.8. The maximum absolute atomic E-state index is 12.8. The number of nitrogens with one attached hydrogen (secondary N) is 2. The Bertz CT molecular complexity index is 1020. The zero-order valence-electron chi connectivity index (χ0n) is 17.2. The van der Waals surface area contributed by atoms with Crippen molar-refractivity contribution < 1.29 is 14.0 Å². The van der Waals surface area contributed by atoms with Gasteiger partial charge >= 0.3 is 0 Å². The fourth-order valence-electron chi connectivity index (χ4n) is 3.03. The number of aromatic nitrogens is 1. The van der Waals surface area contributed by atoms with Gasteiger partial charge in [-0.15, -0.1) is 11.3 Å². The Hall–Kier alpha value is -2.93. The lowest BCUT2D eigenvalue weighted by atomic mass is 9.99. The summed E-state index contributed by atoms with van der Waals surface area (Å²) in [7, 11) is 0. The molecule has 0 saturated carbocycles. The number of rotatable bonds is 6. The van der Waals surface area contributed by atoms with Crippen LogP contribution in [0.15, 0.2) is 40.3 Å². The molecule has 2 heterocycles. The molecular formula is C22H25N3O3S. The summed E-state index contributed by atoms with van der Waals surface area (Å²) in [5, 5.41) is 7.99. The average molecular weight is 412 g/mol. The minimum Gasteiger partial charge on any atom is -0.459 e. The van der Waals surface area contributed by atoms with E-state index in [2.05, 4.69) is 48.5 Å². The molecule has 7 heteroatoms. The van der Waals surface area contributed by atoms with Gasteiger partial charge in [-0.2, -0.15) is 0 Å². The summed E-state index contributed by atoms with van der Waals surface area (Å²) in [5.74, 6) is -0.660. The maximum atomic E-state index is 12.8. The zero-order chi connectivity index (χ0) is 21.1. The summed E-state index contributed by atoms with van der Waals surface area (Å²) in [6.07, 6.45) is 1.42. The van der Waals surface area contributed by atoms with E-state index in [0.29, 0.717) is 5.13 Å². The van der Waals surface area contributed by atoms with Crippen LogP contribution in [-0.2, 0) is 4.79 Å². The SMILES string of the molecule is Cc1cc(C)c(-c2csc(NC(=O)[C@@H](NC(=O)c3ccco3)C(C)C)n2)cc1C. The van der Waals surface area contributed by atoms with Crippen molar-refractivity contribution in [3.8, 4) is 11.3 Å². The largest absolute Gasteiger partial charge is 0.459 e. The molecule has 2 N–H and O–H groups in total. The molecule has 0 unspecified atom stereocenters. The fourth-order valence-corrected chi connectivity index (χ4v) is 3.74. The molecule has 3 rings (SSSR count). The molecule has 0 saturated heterocycles. The van der Waals surface area contributed by atoms with E-state index in [1.165, 1.54) is 28.7 Å². The molecule has 0 aliphatic rings. The molecule has 0 fully saturated rings. The third kappa shape index (κ3) is 4.74. The van der Waals surface area contributed by atoms with E-state index in [-0.39, 0.29) is 17.6 Å². The van der Waals surface area contributed by atoms with Gasteiger partial charge in [-0.3, -0.25) is 9.59 Å². The lowest BCUT2D eigenvalue weighted by molar-refractivity contribution is -0.118. The van der Waals surface area contributed by atoms with Crippen molar-refractivity contribution in [1.82, 2.24) is 10.3 Å². The third-order valence-corrected chi connectivity index (χ3v) is 5.59. The van der Waals surface area contributed by atoms with E-state index in [4.69, 9.17) is 4.42 Å². The molecule has 0 radical (unpaired) electrons. The molecule has 29 heavy (non-hydrogen) atoms. The molecule has 1 atom stereocenters. The van der Waals surface area contributed by atoms with Crippen LogP contribution in [0.2, 0.25) is 0 Å². The molecule has 2 aromatic heterocycles. The van der Waals surface area contributed by atoms with Gasteiger partial charge in [0.1, 0.15) is 6.04 Å². The quantitative estimate of drug-likeness (QED) is 0.615. The van der Waals surface area contributed by atoms with Crippen LogP contribution in [0.1, 0.15) is 41.1 Å². The first-order valence-corrected chi connectivity index (χ1v) is 10.3. The number of amides is 2. The van der Waals surface area contributed by atoms with Crippen LogP contribution in [0.25, 0.3) is 11.3 Å². The Kier molecular flexibility index (Phi) is 6.17. The topological polar surface area (TPSA) is 84.2 Å². The van der Waals surface area contributed by atoms with Crippen molar-refractivity contribution in [2.24, 2.45) is 5.92 Å². The van der Waals surface area contributed by atoms with Gasteiger partial charge in [0.15, 0.2) is 10.9 Å². The number of aryl methyl sites for hydroxylation is 3. The molecule has 6 nitrogen and oxygen atoms in total. The molecule has 0 aliphatic carbocycles. The fraction of sp³-hybridized carbons (Fsp3) is 0.318. The highest BCUT2D eigenvalue weighted by Crippen LogP contribution is 2.29. The first-order chi connectivity index (χ1) is 13.8. The van der Waals surface area contributed by atoms with Gasteiger partial charge in [-0.25, -0.2) is 4.98 Å². The van der Waals surface area contributed by atoms with Gasteiger partial charge < -0.3 is 15.1 Å². The zero-order valence-corrected chi connectivity index (χ0v) is 18.0. The number of carbonyl (C=O) groups is 2. The second-order valence-corrected chi connectivity index (χ2v) is 8.31. The number of hydrogen-bond acceptors (Lipinski definition) is 5. The van der Waals surface area contributed by atoms with Gasteiger partial charge in [0.2, 0.25) is 5.91 Å². The standard InChI is InChI=1S/C22H25N3O3S/c1-12(2)19(24-20(26)18-7-6-8-28-18)21(27)25-22-23-17(11-29-22)16-10-14(4)13(3)9-15(16)5/h6-12,19H,1-5H3,(H,24,26)(H,23,25,27)/t19-/m0/s1. The van der Waals surface area contributed by atoms with Crippen molar-refractivity contribution in [2.75, 3.05) is 5.32 Å². The van der Waals surface area contributed by atoms with Crippen LogP contribution < -0.4 is 10.6 Å². The van der Waals surface area contributed by atoms with E-state index < -0.39 is 11.9 Å². The molecule has 3 aromatic rings. The predicted octanol–water partition coefficient (Wildman–Crippen LogP) is 4.72. The number of carbonyl (C=O) groups excluding carboxylic acids is 2. The van der Waals surface area contributed by atoms with Crippen LogP contribution in [0.5, 0.6) is 0 Å². The summed E-state index contributed by atoms with van der Waals surface area (Å²) in [6.45, 7) is 9.96. The van der Waals surface area contributed by atoms with E-state index in [1.807, 2.05) is 19.2 Å². The van der Waals surface area contributed by atoms with Crippen LogP contribution >= 0.6 is 11.3 Å². The Labute approximate surface area is 174 Å². The number of benzene rings is 1. The lowest BCUT2D eigenvalue weighted by Gasteiger charge is -2.20. The second-order valence-electron chi connectivity index (χ2n) is 7.45. The van der Waals surface area contributed by atoms with E-state index >= 15 is 0 Å². The summed E-state index contributed by atoms with van der Waals surface area (Å²) in [6, 6.07) is 6.74. The highest BCUT2D eigenvalue weighted by molar-refractivity contribution is 7.14. The Morgan fingerprint density at radius 3 is 2.48 bits per heavy atom. The van der Waals surface area contributed by atoms with Gasteiger partial charge in [0.25, 0.3) is 5.91 Å². The summed E-state index contributed by atoms with van der Waals surface area (Å²) < 4.78 is 5.10. The van der Waals surface area contributed by atoms with E-state index in [0.717, 1.165) is 16.8 Å². The number of thiazole rings is 1. The van der Waals surface area contributed by atoms with Crippen molar-refractivity contribution in [1.29, 1.82) is 0 Å². The van der Waals surface area contributed by atoms with Gasteiger partial charge in [0.05, 0.1) is 12.0 Å². The van der Waals surface area contributed by atoms with Gasteiger partial charge in [-0.05, 0) is 61.6 Å². The smallest absolute Gasteiger partial charge is 0.287 e. The first-order valence-electron chi connectivity index (χ1n) is 9.45. The summed E-state index contributed by atoms with van der Waals surface area (Å²) >= 11 is 1.36. The number of anilines is 1. The molecule has 0 aliphatic heterocycles. The normalized spacial score (nSPS) is 12.1. The van der Waals surface area contributed by atoms with Gasteiger partial charge in [0, 0.05) is 10.9 Å². The third-order valence-electron chi connectivity index (χ3n) is 4.83. The van der Waals surface area contributed by atoms with Crippen LogP contribution in [0, 0.1) is 26.7 Å². The Morgan fingerprint density at radius 2 is 1.83 bits per heavy atom. The maximum Gasteiger partial charge on any atom is 0.287 e. The van der Waals surface area contributed by atoms with Crippen LogP contribution in [0.3, 0.4) is 0 Å². The summed E-state index contributed by atoms with van der Waals surface area (Å²) in [5.41, 5.74) is 5.46. The molecule has 2 amide bonds. The second kappa shape index (κ2) is 8.61. The Morgan fingerprint density at radius 1 is 1.10 bits per heavy atom. The highest BCUT2D eigenvalue weighted by Gasteiger charge is 2.26. The lowest BCUT2D eigenvalue weighted by Crippen LogP contribution is -2.47. The Balaban J connectivity index is 1.74. The number of furan rings is 1. The van der Waals surface area contributed by atoms with Crippen molar-refractivity contribution in [2.45, 2.75) is 40.7 Å². The predicted molar refractivity (Wildman–Crippen MR) is 115 cm³/mol. The average Bonchev–Trinajstić information content (AvgIpc) is 3.34. The van der Waals surface area contributed by atoms with Crippen molar-refractivity contribution in [3.63, 3.8) is 0 Å². The number of nitrogens with zero attached hydrogens (tertiary/aromatic N) is 1. The molecule has 1 aromatic carbocycles. The minimum absolute atomic E-state index is 0.102. The minimum atomic E-state index is -0.705. The monoisotopic (exact) mass is 411 g/mol. The number of hydrogen-bond donors (Lipinski definition) is 2. The van der Waals surface area contributed by atoms with E-state index in [1.54, 1.807) is 12.1 Å². The highest BCUT2D eigenvalue weighted by atomic mass is 32.1. The van der Waals surface area contributed by atoms with Gasteiger partial charge in [-0.1, -0.05) is 19.9 Å². The molecule has 0 spiro atoms. The molecular weight excluding hydrogens is 386 g/mol. The van der Waals surface area contributed by atoms with Crippen LogP contribution in [-0.4, -0.2) is 22.8 Å². The summed E-state index contributed by atoms with van der Waals surface area (Å²) in [4.78, 5) is 29.6. The van der Waals surface area contributed by atoms with E-state index in [9.17, 15) is 9.59 Å².